The van der Waals surface area contributed by atoms with Gasteiger partial charge in [0.15, 0.2) is 0 Å². The first kappa shape index (κ1) is 25.9. The summed E-state index contributed by atoms with van der Waals surface area (Å²) in [6.07, 6.45) is -6.90. The third-order valence-electron chi connectivity index (χ3n) is 5.96. The first-order valence-corrected chi connectivity index (χ1v) is 11.8. The van der Waals surface area contributed by atoms with Crippen molar-refractivity contribution in [3.63, 3.8) is 0 Å². The molecule has 2 aromatic carbocycles. The summed E-state index contributed by atoms with van der Waals surface area (Å²) in [6.45, 7) is 3.62. The Bertz CT molecular complexity index is 1120. The van der Waals surface area contributed by atoms with E-state index in [2.05, 4.69) is 5.10 Å². The Balaban J connectivity index is 1.70. The maximum Gasteiger partial charge on any atom is 0.242 e. The summed E-state index contributed by atoms with van der Waals surface area (Å²) >= 11 is 0. The summed E-state index contributed by atoms with van der Waals surface area (Å²) in [5, 5.41) is 45.4. The van der Waals surface area contributed by atoms with Crippen LogP contribution >= 0.6 is 0 Å². The average Bonchev–Trinajstić information content (AvgIpc) is 3.20. The first-order valence-electron chi connectivity index (χ1n) is 11.8. The van der Waals surface area contributed by atoms with Gasteiger partial charge in [-0.1, -0.05) is 30.3 Å². The predicted octanol–water partition coefficient (Wildman–Crippen LogP) is 2.03. The molecule has 1 aromatic heterocycles. The fourth-order valence-corrected chi connectivity index (χ4v) is 3.95. The molecule has 0 spiro atoms. The number of para-hydroxylation sites is 1. The summed E-state index contributed by atoms with van der Waals surface area (Å²) in [5.74, 6) is 1.85. The average molecular weight is 501 g/mol. The van der Waals surface area contributed by atoms with E-state index in [0.29, 0.717) is 29.4 Å². The van der Waals surface area contributed by atoms with Gasteiger partial charge >= 0.3 is 0 Å². The molecule has 0 radical (unpaired) electrons. The molecule has 10 heteroatoms. The minimum absolute atomic E-state index is 0.0920. The van der Waals surface area contributed by atoms with Crippen molar-refractivity contribution < 1.29 is 39.4 Å². The van der Waals surface area contributed by atoms with Crippen molar-refractivity contribution in [2.45, 2.75) is 57.0 Å². The zero-order valence-corrected chi connectivity index (χ0v) is 20.4. The Labute approximate surface area is 209 Å². The Morgan fingerprint density at radius 3 is 2.33 bits per heavy atom. The van der Waals surface area contributed by atoms with E-state index in [0.717, 1.165) is 5.56 Å². The number of hydrogen-bond acceptors (Lipinski definition) is 9. The lowest BCUT2D eigenvalue weighted by Gasteiger charge is -2.36. The SMILES string of the molecule is COc1ccc(Cc2c(OC(O)[C@H]3OC[C@H](O)[C@@H](O)[C@@H]3O)nn(C(C)C)c2Oc2ccccc2)cc1. The quantitative estimate of drug-likeness (QED) is 0.326. The summed E-state index contributed by atoms with van der Waals surface area (Å²) in [5.41, 5.74) is 1.49. The van der Waals surface area contributed by atoms with Crippen LogP contribution < -0.4 is 14.2 Å². The van der Waals surface area contributed by atoms with Crippen molar-refractivity contribution >= 4 is 0 Å². The largest absolute Gasteiger partial charge is 0.497 e. The first-order chi connectivity index (χ1) is 17.3. The molecule has 4 N–H and O–H groups in total. The van der Waals surface area contributed by atoms with Gasteiger partial charge < -0.3 is 39.4 Å². The lowest BCUT2D eigenvalue weighted by atomic mass is 10.00. The topological polar surface area (TPSA) is 136 Å². The highest BCUT2D eigenvalue weighted by atomic mass is 16.6. The van der Waals surface area contributed by atoms with Crippen LogP contribution in [-0.2, 0) is 11.2 Å². The number of benzene rings is 2. The molecule has 2 heterocycles. The molecule has 3 aromatic rings. The lowest BCUT2D eigenvalue weighted by Crippen LogP contribution is -2.57. The van der Waals surface area contributed by atoms with E-state index < -0.39 is 30.7 Å². The molecule has 0 amide bonds. The van der Waals surface area contributed by atoms with Crippen molar-refractivity contribution in [3.8, 4) is 23.3 Å². The second-order valence-electron chi connectivity index (χ2n) is 8.92. The maximum absolute atomic E-state index is 10.8. The van der Waals surface area contributed by atoms with Crippen LogP contribution in [0, 0.1) is 0 Å². The van der Waals surface area contributed by atoms with Gasteiger partial charge in [0.2, 0.25) is 18.1 Å². The van der Waals surface area contributed by atoms with Crippen LogP contribution in [0.4, 0.5) is 0 Å². The van der Waals surface area contributed by atoms with Gasteiger partial charge in [-0.15, -0.1) is 5.10 Å². The predicted molar refractivity (Wildman–Crippen MR) is 129 cm³/mol. The van der Waals surface area contributed by atoms with Crippen LogP contribution in [0.25, 0.3) is 0 Å². The van der Waals surface area contributed by atoms with Crippen LogP contribution in [0.5, 0.6) is 23.3 Å². The molecule has 1 fully saturated rings. The smallest absolute Gasteiger partial charge is 0.242 e. The summed E-state index contributed by atoms with van der Waals surface area (Å²) < 4.78 is 24.3. The third-order valence-corrected chi connectivity index (χ3v) is 5.96. The van der Waals surface area contributed by atoms with Crippen molar-refractivity contribution in [2.24, 2.45) is 0 Å². The zero-order valence-electron chi connectivity index (χ0n) is 20.4. The van der Waals surface area contributed by atoms with E-state index in [9.17, 15) is 20.4 Å². The van der Waals surface area contributed by atoms with E-state index in [1.807, 2.05) is 68.4 Å². The molecule has 194 valence electrons. The number of aromatic nitrogens is 2. The van der Waals surface area contributed by atoms with Gasteiger partial charge in [-0.05, 0) is 43.7 Å². The molecule has 0 saturated carbocycles. The van der Waals surface area contributed by atoms with Gasteiger partial charge in [0, 0.05) is 6.42 Å². The summed E-state index contributed by atoms with van der Waals surface area (Å²) in [6, 6.07) is 16.6. The maximum atomic E-state index is 10.8. The fourth-order valence-electron chi connectivity index (χ4n) is 3.95. The Morgan fingerprint density at radius 1 is 1.00 bits per heavy atom. The van der Waals surface area contributed by atoms with Gasteiger partial charge in [0.25, 0.3) is 0 Å². The van der Waals surface area contributed by atoms with Crippen molar-refractivity contribution in [1.82, 2.24) is 9.78 Å². The fraction of sp³-hybridized carbons (Fsp3) is 0.423. The molecule has 0 bridgehead atoms. The molecule has 4 rings (SSSR count). The second kappa shape index (κ2) is 11.3. The third kappa shape index (κ3) is 5.63. The van der Waals surface area contributed by atoms with Crippen molar-refractivity contribution in [2.75, 3.05) is 13.7 Å². The van der Waals surface area contributed by atoms with E-state index >= 15 is 0 Å². The molecule has 1 aliphatic heterocycles. The minimum atomic E-state index is -1.67. The number of rotatable bonds is 9. The highest BCUT2D eigenvalue weighted by molar-refractivity contribution is 5.44. The monoisotopic (exact) mass is 500 g/mol. The number of nitrogens with zero attached hydrogens (tertiary/aromatic N) is 2. The molecule has 5 atom stereocenters. The van der Waals surface area contributed by atoms with E-state index in [4.69, 9.17) is 18.9 Å². The number of methoxy groups -OCH3 is 1. The van der Waals surface area contributed by atoms with Crippen LogP contribution in [0.2, 0.25) is 0 Å². The minimum Gasteiger partial charge on any atom is -0.497 e. The van der Waals surface area contributed by atoms with E-state index in [1.54, 1.807) is 11.8 Å². The Kier molecular flexibility index (Phi) is 8.12. The Hall–Kier alpha value is -3.15. The van der Waals surface area contributed by atoms with Crippen molar-refractivity contribution in [3.05, 3.63) is 65.7 Å². The molecule has 36 heavy (non-hydrogen) atoms. The van der Waals surface area contributed by atoms with Gasteiger partial charge in [-0.2, -0.15) is 0 Å². The van der Waals surface area contributed by atoms with Gasteiger partial charge in [0.05, 0.1) is 25.3 Å². The summed E-state index contributed by atoms with van der Waals surface area (Å²) in [7, 11) is 1.60. The summed E-state index contributed by atoms with van der Waals surface area (Å²) in [4.78, 5) is 0. The lowest BCUT2D eigenvalue weighted by molar-refractivity contribution is -0.241. The Morgan fingerprint density at radius 2 is 1.69 bits per heavy atom. The number of aliphatic hydroxyl groups excluding tert-OH is 4. The molecular formula is C26H32N2O8. The highest BCUT2D eigenvalue weighted by Gasteiger charge is 2.43. The highest BCUT2D eigenvalue weighted by Crippen LogP contribution is 2.37. The van der Waals surface area contributed by atoms with Crippen molar-refractivity contribution in [1.29, 1.82) is 0 Å². The van der Waals surface area contributed by atoms with Crippen LogP contribution in [0.15, 0.2) is 54.6 Å². The number of hydrogen-bond donors (Lipinski definition) is 4. The van der Waals surface area contributed by atoms with Gasteiger partial charge in [-0.3, -0.25) is 0 Å². The molecular weight excluding hydrogens is 468 g/mol. The number of aliphatic hydroxyl groups is 4. The van der Waals surface area contributed by atoms with Gasteiger partial charge in [-0.25, -0.2) is 4.68 Å². The normalized spacial score (nSPS) is 22.9. The molecule has 1 aliphatic rings. The molecule has 1 unspecified atom stereocenters. The van der Waals surface area contributed by atoms with Crippen LogP contribution in [0.1, 0.15) is 31.0 Å². The second-order valence-corrected chi connectivity index (χ2v) is 8.92. The van der Waals surface area contributed by atoms with Crippen LogP contribution in [-0.4, -0.2) is 74.6 Å². The molecule has 1 saturated heterocycles. The number of ether oxygens (including phenoxy) is 4. The molecule has 0 aliphatic carbocycles. The van der Waals surface area contributed by atoms with Gasteiger partial charge in [0.1, 0.15) is 35.9 Å². The van der Waals surface area contributed by atoms with E-state index in [-0.39, 0.29) is 18.5 Å². The molecule has 10 nitrogen and oxygen atoms in total. The van der Waals surface area contributed by atoms with Crippen LogP contribution in [0.3, 0.4) is 0 Å². The van der Waals surface area contributed by atoms with E-state index in [1.165, 1.54) is 0 Å². The zero-order chi connectivity index (χ0) is 25.8. The standard InChI is InChI=1S/C26H32N2O8/c1-15(2)28-25(35-18-7-5-4-6-8-18)19(13-16-9-11-17(33-3)12-10-16)24(27-28)36-26(32)23-22(31)21(30)20(29)14-34-23/h4-12,15,20-23,26,29-32H,13-14H2,1-3H3/t20-,21+,22-,23-,26?/m0/s1.